The Hall–Kier alpha value is -2.63. The average Bonchev–Trinajstić information content (AvgIpc) is 3.05. The monoisotopic (exact) mass is 255 g/mol. The average molecular weight is 255 g/mol. The molecule has 0 aliphatic rings. The molecule has 19 heavy (non-hydrogen) atoms. The van der Waals surface area contributed by atoms with Crippen LogP contribution in [-0.2, 0) is 6.42 Å². The first-order valence-corrected chi connectivity index (χ1v) is 6.05. The van der Waals surface area contributed by atoms with Crippen LogP contribution < -0.4 is 5.32 Å². The number of H-pyrrole nitrogens is 2. The van der Waals surface area contributed by atoms with Crippen molar-refractivity contribution in [1.29, 1.82) is 0 Å². The molecule has 96 valence electrons. The van der Waals surface area contributed by atoms with Gasteiger partial charge < -0.3 is 5.32 Å². The first kappa shape index (κ1) is 11.5. The zero-order chi connectivity index (χ0) is 13.2. The number of aromatic nitrogens is 4. The van der Waals surface area contributed by atoms with Gasteiger partial charge in [-0.1, -0.05) is 13.0 Å². The fraction of sp³-hybridized carbons (Fsp3) is 0.154. The number of carbonyl (C=O) groups is 1. The highest BCUT2D eigenvalue weighted by Gasteiger charge is 2.09. The van der Waals surface area contributed by atoms with E-state index in [-0.39, 0.29) is 5.91 Å². The van der Waals surface area contributed by atoms with Gasteiger partial charge in [0.2, 0.25) is 0 Å². The summed E-state index contributed by atoms with van der Waals surface area (Å²) in [5, 5.41) is 17.4. The lowest BCUT2D eigenvalue weighted by Gasteiger charge is -2.01. The molecule has 2 heterocycles. The smallest absolute Gasteiger partial charge is 0.256 e. The molecular formula is C13H13N5O. The predicted molar refractivity (Wildman–Crippen MR) is 72.0 cm³/mol. The predicted octanol–water partition coefficient (Wildman–Crippen LogP) is 2.10. The highest BCUT2D eigenvalue weighted by molar-refractivity contribution is 6.05. The number of hydrogen-bond acceptors (Lipinski definition) is 3. The van der Waals surface area contributed by atoms with Crippen LogP contribution in [0.2, 0.25) is 0 Å². The summed E-state index contributed by atoms with van der Waals surface area (Å²) in [5.74, 6) is 0.345. The Morgan fingerprint density at radius 1 is 1.32 bits per heavy atom. The fourth-order valence-corrected chi connectivity index (χ4v) is 1.87. The van der Waals surface area contributed by atoms with Crippen LogP contribution in [0.5, 0.6) is 0 Å². The van der Waals surface area contributed by atoms with Gasteiger partial charge in [0.25, 0.3) is 5.91 Å². The number of aryl methyl sites for hydroxylation is 1. The Bertz CT molecular complexity index is 727. The lowest BCUT2D eigenvalue weighted by Crippen LogP contribution is -2.12. The number of hydrogen-bond donors (Lipinski definition) is 3. The van der Waals surface area contributed by atoms with Gasteiger partial charge in [-0.2, -0.15) is 10.2 Å². The van der Waals surface area contributed by atoms with Crippen LogP contribution in [0.4, 0.5) is 5.82 Å². The Labute approximate surface area is 109 Å². The third-order valence-electron chi connectivity index (χ3n) is 2.96. The number of amides is 1. The van der Waals surface area contributed by atoms with Crippen molar-refractivity contribution in [2.45, 2.75) is 13.3 Å². The Morgan fingerprint density at radius 2 is 2.21 bits per heavy atom. The lowest BCUT2D eigenvalue weighted by molar-refractivity contribution is 0.102. The molecule has 0 radical (unpaired) electrons. The number of rotatable bonds is 3. The standard InChI is InChI=1S/C13H13N5O/c1-2-10-6-12(18-16-10)15-13(19)8-3-4-9-7-14-17-11(9)5-8/h3-7H,2H2,1H3,(H,14,17)(H2,15,16,18,19). The maximum Gasteiger partial charge on any atom is 0.256 e. The van der Waals surface area contributed by atoms with E-state index in [9.17, 15) is 4.79 Å². The summed E-state index contributed by atoms with van der Waals surface area (Å²) in [6.45, 7) is 2.02. The van der Waals surface area contributed by atoms with Crippen molar-refractivity contribution in [3.63, 3.8) is 0 Å². The van der Waals surface area contributed by atoms with E-state index in [0.717, 1.165) is 23.0 Å². The number of aromatic amines is 2. The normalized spacial score (nSPS) is 10.8. The lowest BCUT2D eigenvalue weighted by atomic mass is 10.1. The minimum Gasteiger partial charge on any atom is -0.305 e. The van der Waals surface area contributed by atoms with Crippen LogP contribution >= 0.6 is 0 Å². The van der Waals surface area contributed by atoms with Crippen LogP contribution in [-0.4, -0.2) is 26.3 Å². The number of carbonyl (C=O) groups excluding carboxylic acids is 1. The highest BCUT2D eigenvalue weighted by atomic mass is 16.1. The quantitative estimate of drug-likeness (QED) is 0.669. The molecule has 0 atom stereocenters. The van der Waals surface area contributed by atoms with Crippen molar-refractivity contribution in [3.05, 3.63) is 41.7 Å². The maximum absolute atomic E-state index is 12.1. The van der Waals surface area contributed by atoms with Crippen LogP contribution in [0.25, 0.3) is 10.9 Å². The van der Waals surface area contributed by atoms with E-state index < -0.39 is 0 Å². The molecule has 0 saturated carbocycles. The van der Waals surface area contributed by atoms with Gasteiger partial charge in [0.15, 0.2) is 5.82 Å². The number of anilines is 1. The summed E-state index contributed by atoms with van der Waals surface area (Å²) in [7, 11) is 0. The molecule has 6 nitrogen and oxygen atoms in total. The largest absolute Gasteiger partial charge is 0.305 e. The number of nitrogens with zero attached hydrogens (tertiary/aromatic N) is 2. The Morgan fingerprint density at radius 3 is 3.00 bits per heavy atom. The molecule has 0 aliphatic heterocycles. The minimum atomic E-state index is -0.189. The summed E-state index contributed by atoms with van der Waals surface area (Å²) < 4.78 is 0. The summed E-state index contributed by atoms with van der Waals surface area (Å²) in [6, 6.07) is 7.22. The first-order valence-electron chi connectivity index (χ1n) is 6.05. The molecule has 6 heteroatoms. The van der Waals surface area contributed by atoms with E-state index in [2.05, 4.69) is 25.7 Å². The summed E-state index contributed by atoms with van der Waals surface area (Å²) in [4.78, 5) is 12.1. The van der Waals surface area contributed by atoms with E-state index in [1.54, 1.807) is 18.3 Å². The van der Waals surface area contributed by atoms with Crippen molar-refractivity contribution in [3.8, 4) is 0 Å². The van der Waals surface area contributed by atoms with Gasteiger partial charge in [0.1, 0.15) is 0 Å². The van der Waals surface area contributed by atoms with Gasteiger partial charge in [-0.25, -0.2) is 0 Å². The highest BCUT2D eigenvalue weighted by Crippen LogP contribution is 2.14. The van der Waals surface area contributed by atoms with Gasteiger partial charge in [-0.05, 0) is 18.6 Å². The van der Waals surface area contributed by atoms with Crippen LogP contribution in [0.15, 0.2) is 30.5 Å². The van der Waals surface area contributed by atoms with E-state index in [0.29, 0.717) is 11.4 Å². The molecule has 3 N–H and O–H groups in total. The third-order valence-corrected chi connectivity index (χ3v) is 2.96. The van der Waals surface area contributed by atoms with Crippen molar-refractivity contribution >= 4 is 22.6 Å². The number of benzene rings is 1. The van der Waals surface area contributed by atoms with Crippen LogP contribution in [0.3, 0.4) is 0 Å². The number of fused-ring (bicyclic) bond motifs is 1. The molecule has 0 saturated heterocycles. The SMILES string of the molecule is CCc1cc(NC(=O)c2ccc3cn[nH]c3c2)n[nH]1. The Balaban J connectivity index is 1.82. The molecule has 3 aromatic rings. The second kappa shape index (κ2) is 4.56. The molecule has 0 bridgehead atoms. The zero-order valence-electron chi connectivity index (χ0n) is 10.4. The van der Waals surface area contributed by atoms with E-state index in [1.807, 2.05) is 19.1 Å². The van der Waals surface area contributed by atoms with Crippen LogP contribution in [0.1, 0.15) is 23.0 Å². The summed E-state index contributed by atoms with van der Waals surface area (Å²) >= 11 is 0. The second-order valence-corrected chi connectivity index (χ2v) is 4.26. The molecule has 1 amide bonds. The second-order valence-electron chi connectivity index (χ2n) is 4.26. The molecule has 0 unspecified atom stereocenters. The van der Waals surface area contributed by atoms with Crippen LogP contribution in [0, 0.1) is 0 Å². The van der Waals surface area contributed by atoms with E-state index >= 15 is 0 Å². The molecule has 0 aliphatic carbocycles. The van der Waals surface area contributed by atoms with Crippen molar-refractivity contribution in [2.24, 2.45) is 0 Å². The molecule has 3 rings (SSSR count). The van der Waals surface area contributed by atoms with E-state index in [1.165, 1.54) is 0 Å². The van der Waals surface area contributed by atoms with Gasteiger partial charge >= 0.3 is 0 Å². The summed E-state index contributed by atoms with van der Waals surface area (Å²) in [6.07, 6.45) is 2.57. The molecule has 1 aromatic carbocycles. The molecule has 0 spiro atoms. The number of nitrogens with one attached hydrogen (secondary N) is 3. The van der Waals surface area contributed by atoms with Crippen molar-refractivity contribution in [2.75, 3.05) is 5.32 Å². The maximum atomic E-state index is 12.1. The third kappa shape index (κ3) is 2.20. The van der Waals surface area contributed by atoms with Gasteiger partial charge in [-0.15, -0.1) is 0 Å². The van der Waals surface area contributed by atoms with E-state index in [4.69, 9.17) is 0 Å². The minimum absolute atomic E-state index is 0.189. The van der Waals surface area contributed by atoms with Crippen molar-refractivity contribution < 1.29 is 4.79 Å². The molecular weight excluding hydrogens is 242 g/mol. The van der Waals surface area contributed by atoms with Gasteiger partial charge in [0.05, 0.1) is 11.7 Å². The zero-order valence-corrected chi connectivity index (χ0v) is 10.4. The Kier molecular flexibility index (Phi) is 2.75. The molecule has 0 fully saturated rings. The molecule has 2 aromatic heterocycles. The van der Waals surface area contributed by atoms with Crippen molar-refractivity contribution in [1.82, 2.24) is 20.4 Å². The first-order chi connectivity index (χ1) is 9.26. The summed E-state index contributed by atoms with van der Waals surface area (Å²) in [5.41, 5.74) is 2.39. The fourth-order valence-electron chi connectivity index (χ4n) is 1.87. The van der Waals surface area contributed by atoms with Gasteiger partial charge in [0, 0.05) is 22.7 Å². The van der Waals surface area contributed by atoms with Gasteiger partial charge in [-0.3, -0.25) is 15.0 Å². The topological polar surface area (TPSA) is 86.5 Å².